The molecule has 94 valence electrons. The molecule has 2 aromatic rings. The van der Waals surface area contributed by atoms with E-state index in [2.05, 4.69) is 5.32 Å². The molecule has 2 rings (SSSR count). The van der Waals surface area contributed by atoms with Crippen LogP contribution in [0.3, 0.4) is 0 Å². The molecule has 3 N–H and O–H groups in total. The minimum Gasteiger partial charge on any atom is -0.508 e. The lowest BCUT2D eigenvalue weighted by Crippen LogP contribution is -2.03. The number of nitrogens with one attached hydrogen (secondary N) is 1. The minimum atomic E-state index is -0.701. The Morgan fingerprint density at radius 2 is 1.67 bits per heavy atom. The van der Waals surface area contributed by atoms with Crippen molar-refractivity contribution in [3.63, 3.8) is 0 Å². The summed E-state index contributed by atoms with van der Waals surface area (Å²) in [7, 11) is 0. The molecule has 0 amide bonds. The zero-order valence-electron chi connectivity index (χ0n) is 9.32. The average Bonchev–Trinajstić information content (AvgIpc) is 2.31. The normalized spacial score (nSPS) is 10.3. The molecule has 0 radical (unpaired) electrons. The Labute approximate surface area is 102 Å². The van der Waals surface area contributed by atoms with Crippen molar-refractivity contribution >= 4 is 5.69 Å². The summed E-state index contributed by atoms with van der Waals surface area (Å²) < 4.78 is 26.6. The number of para-hydroxylation sites is 1. The maximum Gasteiger partial charge on any atom is 0.149 e. The quantitative estimate of drug-likeness (QED) is 0.786. The van der Waals surface area contributed by atoms with Gasteiger partial charge in [-0.25, -0.2) is 8.78 Å². The monoisotopic (exact) mass is 251 g/mol. The lowest BCUT2D eigenvalue weighted by atomic mass is 10.2. The van der Waals surface area contributed by atoms with E-state index in [1.165, 1.54) is 18.2 Å². The van der Waals surface area contributed by atoms with E-state index < -0.39 is 11.6 Å². The summed E-state index contributed by atoms with van der Waals surface area (Å²) in [5.74, 6) is -1.62. The van der Waals surface area contributed by atoms with Crippen molar-refractivity contribution in [1.82, 2.24) is 0 Å². The number of hydrogen-bond acceptors (Lipinski definition) is 3. The minimum absolute atomic E-state index is 0.0456. The second-order valence-electron chi connectivity index (χ2n) is 3.76. The summed E-state index contributed by atoms with van der Waals surface area (Å²) >= 11 is 0. The highest BCUT2D eigenvalue weighted by molar-refractivity contribution is 5.48. The van der Waals surface area contributed by atoms with Crippen molar-refractivity contribution in [2.45, 2.75) is 6.54 Å². The predicted octanol–water partition coefficient (Wildman–Crippen LogP) is 2.99. The Morgan fingerprint density at radius 1 is 1.00 bits per heavy atom. The first-order valence-electron chi connectivity index (χ1n) is 5.26. The second-order valence-corrected chi connectivity index (χ2v) is 3.76. The largest absolute Gasteiger partial charge is 0.508 e. The molecule has 0 aliphatic heterocycles. The molecule has 0 heterocycles. The van der Waals surface area contributed by atoms with Crippen molar-refractivity contribution in [2.24, 2.45) is 0 Å². The van der Waals surface area contributed by atoms with Gasteiger partial charge >= 0.3 is 0 Å². The number of aromatic hydroxyl groups is 2. The Kier molecular flexibility index (Phi) is 3.32. The summed E-state index contributed by atoms with van der Waals surface area (Å²) in [4.78, 5) is 0. The van der Waals surface area contributed by atoms with Gasteiger partial charge in [-0.05, 0) is 24.3 Å². The van der Waals surface area contributed by atoms with Crippen LogP contribution in [0.5, 0.6) is 11.5 Å². The van der Waals surface area contributed by atoms with Crippen LogP contribution in [-0.4, -0.2) is 10.2 Å². The maximum absolute atomic E-state index is 13.3. The lowest BCUT2D eigenvalue weighted by Gasteiger charge is -2.10. The van der Waals surface area contributed by atoms with E-state index in [1.807, 2.05) is 0 Å². The molecule has 0 fully saturated rings. The number of phenols is 2. The lowest BCUT2D eigenvalue weighted by molar-refractivity contribution is 0.446. The zero-order valence-corrected chi connectivity index (χ0v) is 9.32. The third kappa shape index (κ3) is 2.51. The molecule has 5 heteroatoms. The molecule has 0 aliphatic carbocycles. The van der Waals surface area contributed by atoms with Crippen molar-refractivity contribution in [3.8, 4) is 11.5 Å². The van der Waals surface area contributed by atoms with Gasteiger partial charge in [-0.15, -0.1) is 0 Å². The fourth-order valence-electron chi connectivity index (χ4n) is 1.55. The maximum atomic E-state index is 13.3. The first kappa shape index (κ1) is 12.2. The van der Waals surface area contributed by atoms with E-state index in [0.717, 1.165) is 18.2 Å². The number of halogens is 2. The highest BCUT2D eigenvalue weighted by atomic mass is 19.1. The molecule has 0 saturated heterocycles. The molecule has 0 spiro atoms. The Morgan fingerprint density at radius 3 is 2.28 bits per heavy atom. The summed E-state index contributed by atoms with van der Waals surface area (Å²) in [6, 6.07) is 7.57. The summed E-state index contributed by atoms with van der Waals surface area (Å²) in [6.45, 7) is 0.0456. The second kappa shape index (κ2) is 4.91. The molecule has 0 unspecified atom stereocenters. The molecular weight excluding hydrogens is 240 g/mol. The number of rotatable bonds is 3. The van der Waals surface area contributed by atoms with Gasteiger partial charge in [0.25, 0.3) is 0 Å². The van der Waals surface area contributed by atoms with Crippen molar-refractivity contribution < 1.29 is 19.0 Å². The van der Waals surface area contributed by atoms with Gasteiger partial charge < -0.3 is 15.5 Å². The van der Waals surface area contributed by atoms with E-state index >= 15 is 0 Å². The Hall–Kier alpha value is -2.30. The van der Waals surface area contributed by atoms with Crippen molar-refractivity contribution in [2.75, 3.05) is 5.32 Å². The van der Waals surface area contributed by atoms with Crippen LogP contribution in [0.4, 0.5) is 14.5 Å². The molecule has 0 aromatic heterocycles. The fraction of sp³-hybridized carbons (Fsp3) is 0.0769. The van der Waals surface area contributed by atoms with Crippen LogP contribution in [0, 0.1) is 11.6 Å². The van der Waals surface area contributed by atoms with Gasteiger partial charge in [-0.3, -0.25) is 0 Å². The van der Waals surface area contributed by atoms with Gasteiger partial charge in [0, 0.05) is 18.2 Å². The topological polar surface area (TPSA) is 52.5 Å². The first-order chi connectivity index (χ1) is 8.58. The Bertz CT molecular complexity index is 553. The molecule has 3 nitrogen and oxygen atoms in total. The van der Waals surface area contributed by atoms with Crippen LogP contribution in [-0.2, 0) is 6.54 Å². The van der Waals surface area contributed by atoms with E-state index in [0.29, 0.717) is 5.56 Å². The SMILES string of the molecule is Oc1ccc(CNc2c(F)cccc2F)c(O)c1. The van der Waals surface area contributed by atoms with Gasteiger partial charge in [0.15, 0.2) is 0 Å². The zero-order chi connectivity index (χ0) is 13.1. The van der Waals surface area contributed by atoms with E-state index in [1.54, 1.807) is 0 Å². The van der Waals surface area contributed by atoms with Crippen LogP contribution in [0.25, 0.3) is 0 Å². The highest BCUT2D eigenvalue weighted by Gasteiger charge is 2.09. The molecule has 2 aromatic carbocycles. The van der Waals surface area contributed by atoms with E-state index in [9.17, 15) is 13.9 Å². The van der Waals surface area contributed by atoms with Crippen LogP contribution in [0.2, 0.25) is 0 Å². The van der Waals surface area contributed by atoms with Gasteiger partial charge in [0.1, 0.15) is 28.8 Å². The Balaban J connectivity index is 2.16. The van der Waals surface area contributed by atoms with Gasteiger partial charge in [0.05, 0.1) is 0 Å². The van der Waals surface area contributed by atoms with Crippen LogP contribution in [0.1, 0.15) is 5.56 Å². The standard InChI is InChI=1S/C13H11F2NO2/c14-10-2-1-3-11(15)13(10)16-7-8-4-5-9(17)6-12(8)18/h1-6,16-18H,7H2. The van der Waals surface area contributed by atoms with Gasteiger partial charge in [-0.1, -0.05) is 6.07 Å². The van der Waals surface area contributed by atoms with Crippen LogP contribution in [0.15, 0.2) is 36.4 Å². The third-order valence-corrected chi connectivity index (χ3v) is 2.49. The average molecular weight is 251 g/mol. The number of hydrogen-bond donors (Lipinski definition) is 3. The first-order valence-corrected chi connectivity index (χ1v) is 5.26. The fourth-order valence-corrected chi connectivity index (χ4v) is 1.55. The van der Waals surface area contributed by atoms with Crippen molar-refractivity contribution in [1.29, 1.82) is 0 Å². The summed E-state index contributed by atoms with van der Waals surface area (Å²) in [5, 5.41) is 21.2. The molecule has 0 atom stereocenters. The highest BCUT2D eigenvalue weighted by Crippen LogP contribution is 2.24. The molecule has 18 heavy (non-hydrogen) atoms. The van der Waals surface area contributed by atoms with Gasteiger partial charge in [-0.2, -0.15) is 0 Å². The summed E-state index contributed by atoms with van der Waals surface area (Å²) in [6.07, 6.45) is 0. The molecule has 0 bridgehead atoms. The molecule has 0 saturated carbocycles. The summed E-state index contributed by atoms with van der Waals surface area (Å²) in [5.41, 5.74) is 0.181. The van der Waals surface area contributed by atoms with E-state index in [4.69, 9.17) is 5.11 Å². The molecular formula is C13H11F2NO2. The predicted molar refractivity (Wildman–Crippen MR) is 63.5 cm³/mol. The van der Waals surface area contributed by atoms with Crippen LogP contribution >= 0.6 is 0 Å². The van der Waals surface area contributed by atoms with Gasteiger partial charge in [0.2, 0.25) is 0 Å². The van der Waals surface area contributed by atoms with Crippen LogP contribution < -0.4 is 5.32 Å². The smallest absolute Gasteiger partial charge is 0.149 e. The number of benzene rings is 2. The van der Waals surface area contributed by atoms with Crippen molar-refractivity contribution in [3.05, 3.63) is 53.6 Å². The molecule has 0 aliphatic rings. The van der Waals surface area contributed by atoms with E-state index in [-0.39, 0.29) is 23.7 Å². The third-order valence-electron chi connectivity index (χ3n) is 2.49. The number of phenolic OH excluding ortho intramolecular Hbond substituents is 2. The number of anilines is 1.